The van der Waals surface area contributed by atoms with Gasteiger partial charge in [-0.1, -0.05) is 6.92 Å². The molecule has 0 aliphatic rings. The maximum Gasteiger partial charge on any atom is 0.0644 e. The lowest BCUT2D eigenvalue weighted by molar-refractivity contribution is 0.501. The first-order chi connectivity index (χ1) is 8.20. The van der Waals surface area contributed by atoms with E-state index < -0.39 is 0 Å². The van der Waals surface area contributed by atoms with Crippen molar-refractivity contribution in [2.45, 2.75) is 19.4 Å². The third-order valence-corrected chi connectivity index (χ3v) is 2.85. The van der Waals surface area contributed by atoms with Gasteiger partial charge in [0, 0.05) is 32.9 Å². The fourth-order valence-electron chi connectivity index (χ4n) is 2.03. The Morgan fingerprint density at radius 2 is 2.18 bits per heavy atom. The van der Waals surface area contributed by atoms with Gasteiger partial charge in [0.05, 0.1) is 17.4 Å². The van der Waals surface area contributed by atoms with Crippen molar-refractivity contribution >= 4 is 0 Å². The maximum atomic E-state index is 4.42. The van der Waals surface area contributed by atoms with Gasteiger partial charge in [-0.3, -0.25) is 9.36 Å². The number of aryl methyl sites for hydroxylation is 2. The van der Waals surface area contributed by atoms with Gasteiger partial charge in [-0.15, -0.1) is 0 Å². The zero-order valence-corrected chi connectivity index (χ0v) is 10.6. The highest BCUT2D eigenvalue weighted by Gasteiger charge is 2.15. The van der Waals surface area contributed by atoms with E-state index in [1.807, 2.05) is 35.9 Å². The van der Waals surface area contributed by atoms with Crippen LogP contribution in [0.3, 0.4) is 0 Å². The quantitative estimate of drug-likeness (QED) is 0.839. The lowest BCUT2D eigenvalue weighted by Crippen LogP contribution is -2.25. The van der Waals surface area contributed by atoms with Crippen LogP contribution in [0.15, 0.2) is 24.5 Å². The van der Waals surface area contributed by atoms with Crippen molar-refractivity contribution in [1.29, 1.82) is 0 Å². The second kappa shape index (κ2) is 5.14. The molecule has 0 aromatic carbocycles. The number of aromatic nitrogens is 4. The predicted octanol–water partition coefficient (Wildman–Crippen LogP) is 1.05. The highest BCUT2D eigenvalue weighted by atomic mass is 15.3. The first kappa shape index (κ1) is 11.9. The number of nitrogens with zero attached hydrogens (tertiary/aromatic N) is 4. The maximum absolute atomic E-state index is 4.42. The Labute approximate surface area is 101 Å². The highest BCUT2D eigenvalue weighted by Crippen LogP contribution is 2.16. The minimum atomic E-state index is 0.266. The van der Waals surface area contributed by atoms with Gasteiger partial charge in [0.1, 0.15) is 0 Å². The monoisotopic (exact) mass is 233 g/mol. The zero-order valence-electron chi connectivity index (χ0n) is 10.6. The van der Waals surface area contributed by atoms with E-state index in [0.29, 0.717) is 0 Å². The molecule has 17 heavy (non-hydrogen) atoms. The van der Waals surface area contributed by atoms with Crippen molar-refractivity contribution in [1.82, 2.24) is 24.9 Å². The summed E-state index contributed by atoms with van der Waals surface area (Å²) >= 11 is 0. The van der Waals surface area contributed by atoms with Gasteiger partial charge in [-0.05, 0) is 18.7 Å². The van der Waals surface area contributed by atoms with E-state index in [-0.39, 0.29) is 6.04 Å². The number of hydrogen-bond donors (Lipinski definition) is 1. The average molecular weight is 233 g/mol. The van der Waals surface area contributed by atoms with Gasteiger partial charge in [0.2, 0.25) is 0 Å². The molecular formula is C12H19N5. The second-order valence-electron chi connectivity index (χ2n) is 4.17. The molecule has 1 N–H and O–H groups in total. The van der Waals surface area contributed by atoms with Crippen LogP contribution in [-0.4, -0.2) is 26.1 Å². The highest BCUT2D eigenvalue weighted by molar-refractivity contribution is 5.11. The Bertz CT molecular complexity index is 471. The Hall–Kier alpha value is -1.62. The smallest absolute Gasteiger partial charge is 0.0644 e. The minimum absolute atomic E-state index is 0.266. The number of likely N-dealkylation sites (N-methyl/N-ethyl adjacent to an activating group) is 1. The van der Waals surface area contributed by atoms with Crippen LogP contribution >= 0.6 is 0 Å². The molecule has 0 bridgehead atoms. The molecule has 2 aromatic rings. The molecule has 0 fully saturated rings. The van der Waals surface area contributed by atoms with E-state index >= 15 is 0 Å². The molecule has 0 aliphatic heterocycles. The minimum Gasteiger partial charge on any atom is -0.309 e. The lowest BCUT2D eigenvalue weighted by Gasteiger charge is -2.17. The fourth-order valence-corrected chi connectivity index (χ4v) is 2.03. The molecule has 92 valence electrons. The normalized spacial score (nSPS) is 12.9. The van der Waals surface area contributed by atoms with Crippen molar-refractivity contribution in [3.8, 4) is 0 Å². The number of rotatable bonds is 5. The van der Waals surface area contributed by atoms with E-state index in [1.165, 1.54) is 5.69 Å². The average Bonchev–Trinajstić information content (AvgIpc) is 2.87. The van der Waals surface area contributed by atoms with Crippen LogP contribution in [0.2, 0.25) is 0 Å². The van der Waals surface area contributed by atoms with Crippen molar-refractivity contribution in [3.05, 3.63) is 35.9 Å². The molecule has 2 heterocycles. The summed E-state index contributed by atoms with van der Waals surface area (Å²) in [4.78, 5) is 0. The van der Waals surface area contributed by atoms with Crippen LogP contribution in [0.1, 0.15) is 24.4 Å². The lowest BCUT2D eigenvalue weighted by atomic mass is 10.1. The van der Waals surface area contributed by atoms with Gasteiger partial charge in [-0.2, -0.15) is 10.2 Å². The van der Waals surface area contributed by atoms with Crippen LogP contribution < -0.4 is 5.32 Å². The summed E-state index contributed by atoms with van der Waals surface area (Å²) in [5.41, 5.74) is 2.29. The molecule has 0 aliphatic carbocycles. The van der Waals surface area contributed by atoms with Gasteiger partial charge in [-0.25, -0.2) is 0 Å². The molecule has 2 rings (SSSR count). The summed E-state index contributed by atoms with van der Waals surface area (Å²) in [7, 11) is 3.91. The summed E-state index contributed by atoms with van der Waals surface area (Å²) in [6.07, 6.45) is 4.69. The van der Waals surface area contributed by atoms with Gasteiger partial charge < -0.3 is 5.32 Å². The third kappa shape index (κ3) is 2.74. The molecule has 0 saturated heterocycles. The molecule has 5 heteroatoms. The van der Waals surface area contributed by atoms with Crippen LogP contribution in [0.4, 0.5) is 0 Å². The second-order valence-corrected chi connectivity index (χ2v) is 4.17. The molecule has 0 radical (unpaired) electrons. The summed E-state index contributed by atoms with van der Waals surface area (Å²) in [6.45, 7) is 3.05. The molecule has 1 unspecified atom stereocenters. The third-order valence-electron chi connectivity index (χ3n) is 2.85. The summed E-state index contributed by atoms with van der Waals surface area (Å²) in [6, 6.07) is 4.37. The Kier molecular flexibility index (Phi) is 3.58. The number of hydrogen-bond acceptors (Lipinski definition) is 3. The van der Waals surface area contributed by atoms with Crippen molar-refractivity contribution < 1.29 is 0 Å². The summed E-state index contributed by atoms with van der Waals surface area (Å²) in [5.74, 6) is 0. The van der Waals surface area contributed by atoms with Gasteiger partial charge in [0.25, 0.3) is 0 Å². The number of nitrogens with one attached hydrogen (secondary N) is 1. The van der Waals surface area contributed by atoms with E-state index in [2.05, 4.69) is 34.6 Å². The van der Waals surface area contributed by atoms with Gasteiger partial charge >= 0.3 is 0 Å². The predicted molar refractivity (Wildman–Crippen MR) is 66.5 cm³/mol. The Morgan fingerprint density at radius 1 is 1.35 bits per heavy atom. The summed E-state index contributed by atoms with van der Waals surface area (Å²) in [5, 5.41) is 12.1. The van der Waals surface area contributed by atoms with Crippen molar-refractivity contribution in [2.24, 2.45) is 14.1 Å². The largest absolute Gasteiger partial charge is 0.309 e. The Morgan fingerprint density at radius 3 is 2.71 bits per heavy atom. The fraction of sp³-hybridized carbons (Fsp3) is 0.500. The van der Waals surface area contributed by atoms with Crippen LogP contribution in [-0.2, 0) is 20.5 Å². The molecule has 0 amide bonds. The van der Waals surface area contributed by atoms with Crippen LogP contribution in [0, 0.1) is 0 Å². The topological polar surface area (TPSA) is 47.7 Å². The summed E-state index contributed by atoms with van der Waals surface area (Å²) < 4.78 is 3.75. The first-order valence-corrected chi connectivity index (χ1v) is 5.90. The first-order valence-electron chi connectivity index (χ1n) is 5.90. The molecule has 0 saturated carbocycles. The molecule has 5 nitrogen and oxygen atoms in total. The molecule has 1 atom stereocenters. The Balaban J connectivity index is 2.15. The van der Waals surface area contributed by atoms with Crippen LogP contribution in [0.5, 0.6) is 0 Å². The van der Waals surface area contributed by atoms with E-state index in [4.69, 9.17) is 0 Å². The van der Waals surface area contributed by atoms with Gasteiger partial charge in [0.15, 0.2) is 0 Å². The van der Waals surface area contributed by atoms with E-state index in [9.17, 15) is 0 Å². The van der Waals surface area contributed by atoms with Crippen molar-refractivity contribution in [3.63, 3.8) is 0 Å². The van der Waals surface area contributed by atoms with E-state index in [0.717, 1.165) is 18.7 Å². The van der Waals surface area contributed by atoms with Crippen molar-refractivity contribution in [2.75, 3.05) is 6.54 Å². The molecule has 0 spiro atoms. The molecular weight excluding hydrogens is 214 g/mol. The SMILES string of the molecule is CCNC(Cc1ccn(C)n1)c1ccnn1C. The zero-order chi connectivity index (χ0) is 12.3. The van der Waals surface area contributed by atoms with E-state index in [1.54, 1.807) is 0 Å². The van der Waals surface area contributed by atoms with Crippen LogP contribution in [0.25, 0.3) is 0 Å². The molecule has 2 aromatic heterocycles. The standard InChI is InChI=1S/C12H19N5/c1-4-13-11(12-5-7-14-17(12)3)9-10-6-8-16(2)15-10/h5-8,11,13H,4,9H2,1-3H3.